The lowest BCUT2D eigenvalue weighted by Crippen LogP contribution is -2.13. The predicted molar refractivity (Wildman–Crippen MR) is 98.9 cm³/mol. The van der Waals surface area contributed by atoms with Crippen LogP contribution in [0.2, 0.25) is 0 Å². The summed E-state index contributed by atoms with van der Waals surface area (Å²) in [4.78, 5) is 0. The first-order valence-corrected chi connectivity index (χ1v) is 10.0. The summed E-state index contributed by atoms with van der Waals surface area (Å²) in [6.07, 6.45) is 15.3. The third-order valence-corrected chi connectivity index (χ3v) is 5.43. The molecule has 0 atom stereocenters. The van der Waals surface area contributed by atoms with Crippen molar-refractivity contribution in [1.29, 1.82) is 0 Å². The fraction of sp³-hybridized carbons (Fsp3) is 0.727. The van der Waals surface area contributed by atoms with Gasteiger partial charge < -0.3 is 0 Å². The zero-order chi connectivity index (χ0) is 16.3. The number of rotatable bonds is 10. The summed E-state index contributed by atoms with van der Waals surface area (Å²) in [5.74, 6) is 0.596. The normalized spacial score (nSPS) is 21.5. The molecule has 1 aliphatic carbocycles. The maximum Gasteiger partial charge on any atom is 0.100 e. The van der Waals surface area contributed by atoms with E-state index in [0.717, 1.165) is 25.7 Å². The Morgan fingerprint density at radius 3 is 1.96 bits per heavy atom. The summed E-state index contributed by atoms with van der Waals surface area (Å²) in [5, 5.41) is 0. The van der Waals surface area contributed by atoms with Crippen LogP contribution in [0.4, 0.5) is 4.39 Å². The number of halogens is 1. The number of hydrogen-bond acceptors (Lipinski definition) is 0. The summed E-state index contributed by atoms with van der Waals surface area (Å²) >= 11 is 0. The van der Waals surface area contributed by atoms with Gasteiger partial charge in [-0.1, -0.05) is 76.1 Å². The predicted octanol–water partition coefficient (Wildman–Crippen LogP) is 7.37. The van der Waals surface area contributed by atoms with E-state index in [9.17, 15) is 4.39 Å². The van der Waals surface area contributed by atoms with Crippen LogP contribution in [0.1, 0.15) is 101 Å². The first-order valence-electron chi connectivity index (χ1n) is 10.0. The lowest BCUT2D eigenvalue weighted by Gasteiger charge is -2.24. The highest BCUT2D eigenvalue weighted by atomic mass is 19.1. The van der Waals surface area contributed by atoms with Crippen molar-refractivity contribution >= 4 is 0 Å². The Kier molecular flexibility index (Phi) is 8.71. The molecule has 0 nitrogen and oxygen atoms in total. The first-order chi connectivity index (χ1) is 11.3. The van der Waals surface area contributed by atoms with Gasteiger partial charge in [-0.2, -0.15) is 0 Å². The van der Waals surface area contributed by atoms with E-state index in [1.54, 1.807) is 0 Å². The topological polar surface area (TPSA) is 0 Å². The van der Waals surface area contributed by atoms with Crippen LogP contribution in [0, 0.1) is 0 Å². The van der Waals surface area contributed by atoms with Crippen molar-refractivity contribution in [3.63, 3.8) is 0 Å². The molecule has 0 aliphatic heterocycles. The quantitative estimate of drug-likeness (QED) is 0.395. The van der Waals surface area contributed by atoms with Gasteiger partial charge in [0.15, 0.2) is 0 Å². The zero-order valence-electron chi connectivity index (χ0n) is 15.0. The van der Waals surface area contributed by atoms with Gasteiger partial charge in [0.1, 0.15) is 6.17 Å². The van der Waals surface area contributed by atoms with Crippen molar-refractivity contribution in [3.8, 4) is 0 Å². The average Bonchev–Trinajstić information content (AvgIpc) is 2.59. The van der Waals surface area contributed by atoms with Crippen LogP contribution in [-0.2, 0) is 6.42 Å². The van der Waals surface area contributed by atoms with E-state index >= 15 is 0 Å². The zero-order valence-corrected chi connectivity index (χ0v) is 15.0. The van der Waals surface area contributed by atoms with E-state index in [1.165, 1.54) is 68.9 Å². The van der Waals surface area contributed by atoms with E-state index in [4.69, 9.17) is 0 Å². The van der Waals surface area contributed by atoms with E-state index in [-0.39, 0.29) is 0 Å². The minimum Gasteiger partial charge on any atom is -0.247 e. The minimum absolute atomic E-state index is 0.549. The van der Waals surface area contributed by atoms with E-state index in [0.29, 0.717) is 5.92 Å². The van der Waals surface area contributed by atoms with Gasteiger partial charge in [-0.25, -0.2) is 4.39 Å². The fourth-order valence-electron chi connectivity index (χ4n) is 3.81. The summed E-state index contributed by atoms with van der Waals surface area (Å²) in [6, 6.07) is 9.20. The van der Waals surface area contributed by atoms with Crippen LogP contribution < -0.4 is 0 Å². The molecule has 0 N–H and O–H groups in total. The Labute approximate surface area is 142 Å². The highest BCUT2D eigenvalue weighted by Gasteiger charge is 2.21. The lowest BCUT2D eigenvalue weighted by atomic mass is 9.83. The molecule has 0 radical (unpaired) electrons. The Morgan fingerprint density at radius 2 is 1.35 bits per heavy atom. The van der Waals surface area contributed by atoms with Gasteiger partial charge in [0.25, 0.3) is 0 Å². The van der Waals surface area contributed by atoms with Crippen molar-refractivity contribution in [2.24, 2.45) is 0 Å². The SMILES string of the molecule is CCCCCCCCCCc1ccc(C2CCC(F)CC2)cc1. The molecule has 0 aromatic heterocycles. The maximum absolute atomic E-state index is 13.2. The van der Waals surface area contributed by atoms with Crippen LogP contribution in [0.25, 0.3) is 0 Å². The van der Waals surface area contributed by atoms with Gasteiger partial charge >= 0.3 is 0 Å². The van der Waals surface area contributed by atoms with Crippen molar-refractivity contribution in [2.75, 3.05) is 0 Å². The van der Waals surface area contributed by atoms with Crippen LogP contribution >= 0.6 is 0 Å². The molecule has 1 heteroatoms. The second-order valence-electron chi connectivity index (χ2n) is 7.42. The monoisotopic (exact) mass is 318 g/mol. The van der Waals surface area contributed by atoms with Gasteiger partial charge in [-0.05, 0) is 55.6 Å². The van der Waals surface area contributed by atoms with Gasteiger partial charge in [-0.15, -0.1) is 0 Å². The van der Waals surface area contributed by atoms with Crippen molar-refractivity contribution < 1.29 is 4.39 Å². The summed E-state index contributed by atoms with van der Waals surface area (Å²) in [5.41, 5.74) is 2.90. The second kappa shape index (κ2) is 10.8. The van der Waals surface area contributed by atoms with Crippen LogP contribution in [-0.4, -0.2) is 6.17 Å². The number of hydrogen-bond donors (Lipinski definition) is 0. The standard InChI is InChI=1S/C22H35F/c1-2-3-4-5-6-7-8-9-10-19-11-13-20(14-12-19)21-15-17-22(23)18-16-21/h11-14,21-22H,2-10,15-18H2,1H3. The molecule has 130 valence electrons. The molecule has 0 bridgehead atoms. The molecule has 0 saturated heterocycles. The maximum atomic E-state index is 13.2. The number of alkyl halides is 1. The Balaban J connectivity index is 1.59. The molecule has 1 aromatic carbocycles. The number of unbranched alkanes of at least 4 members (excludes halogenated alkanes) is 7. The largest absolute Gasteiger partial charge is 0.247 e. The molecule has 1 aromatic rings. The van der Waals surface area contributed by atoms with Crippen molar-refractivity contribution in [3.05, 3.63) is 35.4 Å². The Morgan fingerprint density at radius 1 is 0.783 bits per heavy atom. The fourth-order valence-corrected chi connectivity index (χ4v) is 3.81. The molecule has 1 saturated carbocycles. The Hall–Kier alpha value is -0.850. The highest BCUT2D eigenvalue weighted by Crippen LogP contribution is 2.34. The molecular weight excluding hydrogens is 283 g/mol. The molecular formula is C22H35F. The summed E-state index contributed by atoms with van der Waals surface area (Å²) in [6.45, 7) is 2.28. The molecule has 1 fully saturated rings. The number of aryl methyl sites for hydroxylation is 1. The van der Waals surface area contributed by atoms with E-state index in [1.807, 2.05) is 0 Å². The van der Waals surface area contributed by atoms with Crippen LogP contribution in [0.15, 0.2) is 24.3 Å². The molecule has 0 amide bonds. The number of benzene rings is 1. The first kappa shape index (κ1) is 18.5. The van der Waals surface area contributed by atoms with Gasteiger partial charge in [-0.3, -0.25) is 0 Å². The molecule has 0 spiro atoms. The lowest BCUT2D eigenvalue weighted by molar-refractivity contribution is 0.235. The minimum atomic E-state index is -0.549. The van der Waals surface area contributed by atoms with Crippen LogP contribution in [0.3, 0.4) is 0 Å². The molecule has 2 rings (SSSR count). The van der Waals surface area contributed by atoms with Crippen LogP contribution in [0.5, 0.6) is 0 Å². The van der Waals surface area contributed by atoms with Crippen molar-refractivity contribution in [1.82, 2.24) is 0 Å². The third kappa shape index (κ3) is 7.06. The summed E-state index contributed by atoms with van der Waals surface area (Å²) < 4.78 is 13.2. The van der Waals surface area contributed by atoms with Gasteiger partial charge in [0, 0.05) is 0 Å². The van der Waals surface area contributed by atoms with Crippen molar-refractivity contribution in [2.45, 2.75) is 102 Å². The molecule has 1 aliphatic rings. The second-order valence-corrected chi connectivity index (χ2v) is 7.42. The smallest absolute Gasteiger partial charge is 0.100 e. The van der Waals surface area contributed by atoms with Gasteiger partial charge in [0.05, 0.1) is 0 Å². The molecule has 0 unspecified atom stereocenters. The van der Waals surface area contributed by atoms with E-state index in [2.05, 4.69) is 31.2 Å². The molecule has 0 heterocycles. The summed E-state index contributed by atoms with van der Waals surface area (Å²) in [7, 11) is 0. The third-order valence-electron chi connectivity index (χ3n) is 5.43. The Bertz CT molecular complexity index is 400. The average molecular weight is 319 g/mol. The van der Waals surface area contributed by atoms with E-state index < -0.39 is 6.17 Å². The van der Waals surface area contributed by atoms with Gasteiger partial charge in [0.2, 0.25) is 0 Å². The highest BCUT2D eigenvalue weighted by molar-refractivity contribution is 5.26. The molecule has 23 heavy (non-hydrogen) atoms.